The second-order valence-corrected chi connectivity index (χ2v) is 9.53. The molecule has 0 fully saturated rings. The molecule has 0 saturated carbocycles. The van der Waals surface area contributed by atoms with E-state index < -0.39 is 15.9 Å². The highest BCUT2D eigenvalue weighted by Crippen LogP contribution is 2.20. The lowest BCUT2D eigenvalue weighted by molar-refractivity contribution is 0.0997. The first-order chi connectivity index (χ1) is 14.8. The summed E-state index contributed by atoms with van der Waals surface area (Å²) in [6.45, 7) is 9.94. The summed E-state index contributed by atoms with van der Waals surface area (Å²) < 4.78 is 42.9. The van der Waals surface area contributed by atoms with Gasteiger partial charge < -0.3 is 4.57 Å². The monoisotopic (exact) mass is 459 g/mol. The number of carbonyl (C=O) groups excluding carboxylic acids is 1. The van der Waals surface area contributed by atoms with Gasteiger partial charge in [0.1, 0.15) is 5.82 Å². The Morgan fingerprint density at radius 1 is 1.16 bits per heavy atom. The SMILES string of the molecule is C=CCN(CC=C)S(=O)(=O)c1ccc(C(=O)N=c2sc3cc(F)ccc3n2CC)cc1. The smallest absolute Gasteiger partial charge is 0.279 e. The van der Waals surface area contributed by atoms with E-state index in [2.05, 4.69) is 18.2 Å². The van der Waals surface area contributed by atoms with Crippen molar-refractivity contribution >= 4 is 37.5 Å². The summed E-state index contributed by atoms with van der Waals surface area (Å²) in [6, 6.07) is 10.1. The van der Waals surface area contributed by atoms with E-state index in [4.69, 9.17) is 0 Å². The Kier molecular flexibility index (Phi) is 6.99. The van der Waals surface area contributed by atoms with Crippen molar-refractivity contribution in [2.75, 3.05) is 13.1 Å². The number of nitrogens with zero attached hydrogens (tertiary/aromatic N) is 3. The number of hydrogen-bond acceptors (Lipinski definition) is 4. The lowest BCUT2D eigenvalue weighted by Gasteiger charge is -2.19. The zero-order valence-corrected chi connectivity index (χ0v) is 18.6. The van der Waals surface area contributed by atoms with Crippen molar-refractivity contribution in [3.63, 3.8) is 0 Å². The van der Waals surface area contributed by atoms with Crippen LogP contribution in [0.3, 0.4) is 0 Å². The van der Waals surface area contributed by atoms with Crippen LogP contribution in [0, 0.1) is 5.82 Å². The van der Waals surface area contributed by atoms with Gasteiger partial charge in [0.15, 0.2) is 4.80 Å². The first-order valence-electron chi connectivity index (χ1n) is 9.51. The molecule has 1 aromatic heterocycles. The van der Waals surface area contributed by atoms with Crippen molar-refractivity contribution in [3.05, 3.63) is 84.0 Å². The number of benzene rings is 2. The third-order valence-corrected chi connectivity index (χ3v) is 7.45. The second kappa shape index (κ2) is 9.51. The average molecular weight is 460 g/mol. The number of thiazole rings is 1. The molecule has 1 amide bonds. The van der Waals surface area contributed by atoms with E-state index in [1.165, 1.54) is 64.2 Å². The van der Waals surface area contributed by atoms with E-state index >= 15 is 0 Å². The first-order valence-corrected chi connectivity index (χ1v) is 11.8. The number of rotatable bonds is 8. The molecule has 0 unspecified atom stereocenters. The third kappa shape index (κ3) is 4.73. The van der Waals surface area contributed by atoms with E-state index in [1.54, 1.807) is 6.07 Å². The molecule has 6 nitrogen and oxygen atoms in total. The van der Waals surface area contributed by atoms with Gasteiger partial charge in [-0.15, -0.1) is 13.2 Å². The van der Waals surface area contributed by atoms with Gasteiger partial charge in [-0.05, 0) is 49.4 Å². The topological polar surface area (TPSA) is 71.7 Å². The number of hydrogen-bond donors (Lipinski definition) is 0. The molecule has 162 valence electrons. The molecule has 2 aromatic carbocycles. The van der Waals surface area contributed by atoms with Gasteiger partial charge in [0.25, 0.3) is 5.91 Å². The maximum Gasteiger partial charge on any atom is 0.279 e. The van der Waals surface area contributed by atoms with Gasteiger partial charge >= 0.3 is 0 Å². The number of fused-ring (bicyclic) bond motifs is 1. The van der Waals surface area contributed by atoms with Gasteiger partial charge in [0.05, 0.1) is 15.1 Å². The molecule has 1 heterocycles. The maximum atomic E-state index is 13.5. The van der Waals surface area contributed by atoms with Crippen LogP contribution in [0.5, 0.6) is 0 Å². The minimum Gasteiger partial charge on any atom is -0.317 e. The van der Waals surface area contributed by atoms with Crippen LogP contribution in [0.2, 0.25) is 0 Å². The van der Waals surface area contributed by atoms with E-state index in [9.17, 15) is 17.6 Å². The number of aryl methyl sites for hydroxylation is 1. The molecule has 9 heteroatoms. The highest BCUT2D eigenvalue weighted by Gasteiger charge is 2.22. The molecular weight excluding hydrogens is 437 g/mol. The van der Waals surface area contributed by atoms with Gasteiger partial charge in [-0.1, -0.05) is 23.5 Å². The van der Waals surface area contributed by atoms with Crippen LogP contribution in [0.15, 0.2) is 77.7 Å². The summed E-state index contributed by atoms with van der Waals surface area (Å²) in [5.41, 5.74) is 1.05. The molecule has 3 rings (SSSR count). The van der Waals surface area contributed by atoms with Gasteiger partial charge in [-0.2, -0.15) is 9.30 Å². The van der Waals surface area contributed by atoms with Gasteiger partial charge in [0, 0.05) is 25.2 Å². The Bertz CT molecular complexity index is 1300. The molecule has 0 N–H and O–H groups in total. The molecule has 31 heavy (non-hydrogen) atoms. The molecule has 0 atom stereocenters. The Balaban J connectivity index is 1.95. The predicted molar refractivity (Wildman–Crippen MR) is 121 cm³/mol. The molecular formula is C22H22FN3O3S2. The van der Waals surface area contributed by atoms with Crippen LogP contribution < -0.4 is 4.80 Å². The molecule has 0 aliphatic heterocycles. The number of sulfonamides is 1. The quantitative estimate of drug-likeness (QED) is 0.479. The van der Waals surface area contributed by atoms with Crippen molar-refractivity contribution in [1.82, 2.24) is 8.87 Å². The summed E-state index contributed by atoms with van der Waals surface area (Å²) >= 11 is 1.22. The lowest BCUT2D eigenvalue weighted by Crippen LogP contribution is -2.31. The molecule has 0 bridgehead atoms. The summed E-state index contributed by atoms with van der Waals surface area (Å²) in [5.74, 6) is -0.860. The number of halogens is 1. The zero-order chi connectivity index (χ0) is 22.6. The predicted octanol–water partition coefficient (Wildman–Crippen LogP) is 3.97. The van der Waals surface area contributed by atoms with Crippen molar-refractivity contribution in [1.29, 1.82) is 0 Å². The van der Waals surface area contributed by atoms with Gasteiger partial charge in [-0.3, -0.25) is 4.79 Å². The fourth-order valence-electron chi connectivity index (χ4n) is 3.07. The largest absolute Gasteiger partial charge is 0.317 e. The summed E-state index contributed by atoms with van der Waals surface area (Å²) in [4.78, 5) is 17.4. The summed E-state index contributed by atoms with van der Waals surface area (Å²) in [6.07, 6.45) is 3.00. The molecule has 3 aromatic rings. The van der Waals surface area contributed by atoms with E-state index in [0.29, 0.717) is 16.0 Å². The first kappa shape index (κ1) is 22.8. The fourth-order valence-corrected chi connectivity index (χ4v) is 5.57. The minimum absolute atomic E-state index is 0.0636. The van der Waals surface area contributed by atoms with E-state index in [1.807, 2.05) is 11.5 Å². The second-order valence-electron chi connectivity index (χ2n) is 6.58. The zero-order valence-electron chi connectivity index (χ0n) is 17.0. The lowest BCUT2D eigenvalue weighted by atomic mass is 10.2. The van der Waals surface area contributed by atoms with Crippen LogP contribution >= 0.6 is 11.3 Å². The normalized spacial score (nSPS) is 12.4. The Morgan fingerprint density at radius 3 is 2.39 bits per heavy atom. The standard InChI is InChI=1S/C22H22FN3O3S2/c1-4-13-25(14-5-2)31(28,29)18-10-7-16(8-11-18)21(27)24-22-26(6-3)19-12-9-17(23)15-20(19)30-22/h4-5,7-12,15H,1-2,6,13-14H2,3H3. The van der Waals surface area contributed by atoms with Crippen LogP contribution in [0.4, 0.5) is 4.39 Å². The van der Waals surface area contributed by atoms with Crippen molar-refractivity contribution in [3.8, 4) is 0 Å². The number of amides is 1. The van der Waals surface area contributed by atoms with Crippen LogP contribution in [-0.4, -0.2) is 36.3 Å². The van der Waals surface area contributed by atoms with Crippen LogP contribution in [0.1, 0.15) is 17.3 Å². The van der Waals surface area contributed by atoms with Gasteiger partial charge in [0.2, 0.25) is 10.0 Å². The Hall–Kier alpha value is -2.88. The summed E-state index contributed by atoms with van der Waals surface area (Å²) in [7, 11) is -3.75. The van der Waals surface area contributed by atoms with Crippen LogP contribution in [0.25, 0.3) is 10.2 Å². The van der Waals surface area contributed by atoms with Crippen LogP contribution in [-0.2, 0) is 16.6 Å². The molecule has 0 spiro atoms. The Labute approximate surface area is 184 Å². The molecule has 0 radical (unpaired) electrons. The highest BCUT2D eigenvalue weighted by atomic mass is 32.2. The highest BCUT2D eigenvalue weighted by molar-refractivity contribution is 7.89. The van der Waals surface area contributed by atoms with Crippen molar-refractivity contribution in [2.45, 2.75) is 18.4 Å². The third-order valence-electron chi connectivity index (χ3n) is 4.56. The van der Waals surface area contributed by atoms with Crippen molar-refractivity contribution in [2.24, 2.45) is 4.99 Å². The Morgan fingerprint density at radius 2 is 1.81 bits per heavy atom. The molecule has 0 aliphatic carbocycles. The minimum atomic E-state index is -3.75. The van der Waals surface area contributed by atoms with E-state index in [-0.39, 0.29) is 29.4 Å². The maximum absolute atomic E-state index is 13.5. The molecule has 0 aliphatic rings. The van der Waals surface area contributed by atoms with E-state index in [0.717, 1.165) is 5.52 Å². The fraction of sp³-hybridized carbons (Fsp3) is 0.182. The number of aromatic nitrogens is 1. The van der Waals surface area contributed by atoms with Crippen molar-refractivity contribution < 1.29 is 17.6 Å². The summed E-state index contributed by atoms with van der Waals surface area (Å²) in [5, 5.41) is 0. The number of carbonyl (C=O) groups is 1. The average Bonchev–Trinajstić information content (AvgIpc) is 3.09. The van der Waals surface area contributed by atoms with Gasteiger partial charge in [-0.25, -0.2) is 12.8 Å². The molecule has 0 saturated heterocycles.